The van der Waals surface area contributed by atoms with Gasteiger partial charge in [0.1, 0.15) is 0 Å². The van der Waals surface area contributed by atoms with Gasteiger partial charge in [-0.25, -0.2) is 4.39 Å². The van der Waals surface area contributed by atoms with Gasteiger partial charge in [-0.1, -0.05) is 37.3 Å². The van der Waals surface area contributed by atoms with Crippen molar-refractivity contribution in [2.45, 2.75) is 6.92 Å². The molecule has 0 saturated heterocycles. The Bertz CT molecular complexity index is 1200. The topological polar surface area (TPSA) is 100 Å². The first kappa shape index (κ1) is 18.7. The van der Waals surface area contributed by atoms with Gasteiger partial charge in [-0.2, -0.15) is 5.10 Å². The van der Waals surface area contributed by atoms with Crippen LogP contribution < -0.4 is 10.6 Å². The van der Waals surface area contributed by atoms with Crippen LogP contribution >= 0.6 is 0 Å². The molecule has 2 aromatic heterocycles. The lowest BCUT2D eigenvalue weighted by atomic mass is 10.1. The zero-order valence-corrected chi connectivity index (χ0v) is 15.7. The van der Waals surface area contributed by atoms with Gasteiger partial charge in [-0.05, 0) is 24.1 Å². The summed E-state index contributed by atoms with van der Waals surface area (Å²) in [7, 11) is 0. The number of para-hydroxylation sites is 2. The second kappa shape index (κ2) is 7.75. The first-order valence-corrected chi connectivity index (χ1v) is 9.20. The number of carbonyl (C=O) groups is 2. The quantitative estimate of drug-likeness (QED) is 0.467. The summed E-state index contributed by atoms with van der Waals surface area (Å²) in [5.74, 6) is -1.22. The molecule has 0 aliphatic heterocycles. The fourth-order valence-electron chi connectivity index (χ4n) is 3.05. The molecule has 0 saturated carbocycles. The molecule has 148 valence electrons. The highest BCUT2D eigenvalue weighted by Crippen LogP contribution is 2.22. The number of aromatic nitrogens is 2. The van der Waals surface area contributed by atoms with Gasteiger partial charge in [0.15, 0.2) is 22.9 Å². The number of hydrogen-bond donors (Lipinski definition) is 3. The normalized spacial score (nSPS) is 12.2. The molecule has 1 atom stereocenters. The number of rotatable bonds is 6. The molecule has 8 heteroatoms. The van der Waals surface area contributed by atoms with Crippen LogP contribution in [0.25, 0.3) is 21.9 Å². The summed E-state index contributed by atoms with van der Waals surface area (Å²) >= 11 is 0. The first-order chi connectivity index (χ1) is 14.0. The smallest absolute Gasteiger partial charge is 0.287 e. The summed E-state index contributed by atoms with van der Waals surface area (Å²) in [6, 6.07) is 13.4. The van der Waals surface area contributed by atoms with Gasteiger partial charge in [0.25, 0.3) is 11.8 Å². The molecule has 0 radical (unpaired) electrons. The van der Waals surface area contributed by atoms with E-state index in [1.807, 2.05) is 31.2 Å². The molecule has 7 nitrogen and oxygen atoms in total. The van der Waals surface area contributed by atoms with Gasteiger partial charge in [-0.15, -0.1) is 0 Å². The van der Waals surface area contributed by atoms with Crippen molar-refractivity contribution in [3.63, 3.8) is 0 Å². The second-order valence-electron chi connectivity index (χ2n) is 6.91. The van der Waals surface area contributed by atoms with E-state index < -0.39 is 11.7 Å². The third-order valence-corrected chi connectivity index (χ3v) is 4.63. The van der Waals surface area contributed by atoms with Crippen LogP contribution in [0, 0.1) is 11.7 Å². The predicted octanol–water partition coefficient (Wildman–Crippen LogP) is 3.24. The molecule has 3 N–H and O–H groups in total. The predicted molar refractivity (Wildman–Crippen MR) is 106 cm³/mol. The number of carbonyl (C=O) groups excluding carboxylic acids is 2. The number of furan rings is 1. The molecule has 0 aliphatic rings. The average Bonchev–Trinajstić information content (AvgIpc) is 3.35. The van der Waals surface area contributed by atoms with E-state index in [9.17, 15) is 14.0 Å². The Kier molecular flexibility index (Phi) is 4.99. The lowest BCUT2D eigenvalue weighted by Crippen LogP contribution is -2.35. The standard InChI is InChI=1S/C21H19FN4O3/c1-12(11-24-21(28)18-14-6-2-3-8-16(14)25-26-18)10-23-20(27)17-9-13-5-4-7-15(22)19(13)29-17/h2-9,12H,10-11H2,1H3,(H,23,27)(H,24,28)(H,25,26). The van der Waals surface area contributed by atoms with E-state index in [1.165, 1.54) is 12.1 Å². The zero-order valence-electron chi connectivity index (χ0n) is 15.7. The third-order valence-electron chi connectivity index (χ3n) is 4.63. The minimum Gasteiger partial charge on any atom is -0.448 e. The summed E-state index contributed by atoms with van der Waals surface area (Å²) in [5, 5.41) is 13.7. The summed E-state index contributed by atoms with van der Waals surface area (Å²) in [6.07, 6.45) is 0. The van der Waals surface area contributed by atoms with E-state index in [0.717, 1.165) is 10.9 Å². The van der Waals surface area contributed by atoms with Crippen LogP contribution in [-0.4, -0.2) is 35.1 Å². The van der Waals surface area contributed by atoms with Crippen molar-refractivity contribution >= 4 is 33.7 Å². The van der Waals surface area contributed by atoms with Gasteiger partial charge in [0, 0.05) is 23.9 Å². The number of nitrogens with zero attached hydrogens (tertiary/aromatic N) is 1. The number of nitrogens with one attached hydrogen (secondary N) is 3. The van der Waals surface area contributed by atoms with Crippen molar-refractivity contribution in [2.24, 2.45) is 5.92 Å². The van der Waals surface area contributed by atoms with Gasteiger partial charge in [0.2, 0.25) is 0 Å². The zero-order chi connectivity index (χ0) is 20.4. The first-order valence-electron chi connectivity index (χ1n) is 9.20. The molecule has 0 spiro atoms. The summed E-state index contributed by atoms with van der Waals surface area (Å²) in [6.45, 7) is 2.57. The van der Waals surface area contributed by atoms with Crippen molar-refractivity contribution in [1.29, 1.82) is 0 Å². The summed E-state index contributed by atoms with van der Waals surface area (Å²) < 4.78 is 19.0. The Labute approximate surface area is 165 Å². The molecule has 0 fully saturated rings. The van der Waals surface area contributed by atoms with E-state index >= 15 is 0 Å². The molecule has 2 aromatic carbocycles. The Morgan fingerprint density at radius 3 is 2.66 bits per heavy atom. The van der Waals surface area contributed by atoms with E-state index in [2.05, 4.69) is 20.8 Å². The van der Waals surface area contributed by atoms with Crippen molar-refractivity contribution in [3.8, 4) is 0 Å². The molecule has 2 amide bonds. The monoisotopic (exact) mass is 394 g/mol. The minimum atomic E-state index is -0.511. The van der Waals surface area contributed by atoms with Gasteiger partial charge >= 0.3 is 0 Å². The average molecular weight is 394 g/mol. The lowest BCUT2D eigenvalue weighted by molar-refractivity contribution is 0.0920. The highest BCUT2D eigenvalue weighted by Gasteiger charge is 2.17. The van der Waals surface area contributed by atoms with Gasteiger partial charge in [-0.3, -0.25) is 14.7 Å². The molecule has 1 unspecified atom stereocenters. The second-order valence-corrected chi connectivity index (χ2v) is 6.91. The highest BCUT2D eigenvalue weighted by atomic mass is 19.1. The molecule has 2 heterocycles. The van der Waals surface area contributed by atoms with E-state index in [4.69, 9.17) is 4.42 Å². The molecule has 0 bridgehead atoms. The highest BCUT2D eigenvalue weighted by molar-refractivity contribution is 6.04. The molecule has 4 rings (SSSR count). The van der Waals surface area contributed by atoms with Crippen molar-refractivity contribution in [2.75, 3.05) is 13.1 Å². The molecule has 29 heavy (non-hydrogen) atoms. The molecule has 0 aliphatic carbocycles. The maximum Gasteiger partial charge on any atom is 0.287 e. The number of amides is 2. The largest absolute Gasteiger partial charge is 0.448 e. The third kappa shape index (κ3) is 3.82. The number of H-pyrrole nitrogens is 1. The fraction of sp³-hybridized carbons (Fsp3) is 0.190. The van der Waals surface area contributed by atoms with Crippen LogP contribution in [0.4, 0.5) is 4.39 Å². The summed E-state index contributed by atoms with van der Waals surface area (Å²) in [4.78, 5) is 24.7. The SMILES string of the molecule is CC(CNC(=O)c1cc2cccc(F)c2o1)CNC(=O)c1n[nH]c2ccccc12. The van der Waals surface area contributed by atoms with Crippen LogP contribution in [0.5, 0.6) is 0 Å². The number of fused-ring (bicyclic) bond motifs is 2. The van der Waals surface area contributed by atoms with Crippen molar-refractivity contribution in [3.05, 3.63) is 65.8 Å². The fourth-order valence-corrected chi connectivity index (χ4v) is 3.05. The van der Waals surface area contributed by atoms with Crippen molar-refractivity contribution in [1.82, 2.24) is 20.8 Å². The van der Waals surface area contributed by atoms with E-state index in [1.54, 1.807) is 12.1 Å². The van der Waals surface area contributed by atoms with E-state index in [0.29, 0.717) is 24.2 Å². The Morgan fingerprint density at radius 1 is 1.10 bits per heavy atom. The number of benzene rings is 2. The maximum atomic E-state index is 13.7. The van der Waals surface area contributed by atoms with Crippen LogP contribution in [0.1, 0.15) is 28.0 Å². The maximum absolute atomic E-state index is 13.7. The van der Waals surface area contributed by atoms with Crippen LogP contribution in [0.3, 0.4) is 0 Å². The van der Waals surface area contributed by atoms with E-state index in [-0.39, 0.29) is 23.2 Å². The van der Waals surface area contributed by atoms with Crippen LogP contribution in [-0.2, 0) is 0 Å². The van der Waals surface area contributed by atoms with Crippen LogP contribution in [0.2, 0.25) is 0 Å². The molecule has 4 aromatic rings. The Balaban J connectivity index is 1.31. The van der Waals surface area contributed by atoms with Gasteiger partial charge in [0.05, 0.1) is 5.52 Å². The Hall–Kier alpha value is -3.68. The van der Waals surface area contributed by atoms with Gasteiger partial charge < -0.3 is 15.1 Å². The Morgan fingerprint density at radius 2 is 1.86 bits per heavy atom. The van der Waals surface area contributed by atoms with Crippen LogP contribution in [0.15, 0.2) is 52.9 Å². The lowest BCUT2D eigenvalue weighted by Gasteiger charge is -2.12. The number of hydrogen-bond acceptors (Lipinski definition) is 4. The molecular weight excluding hydrogens is 375 g/mol. The molecular formula is C21H19FN4O3. The minimum absolute atomic E-state index is 0.0331. The number of aromatic amines is 1. The van der Waals surface area contributed by atoms with Crippen molar-refractivity contribution < 1.29 is 18.4 Å². The summed E-state index contributed by atoms with van der Waals surface area (Å²) in [5.41, 5.74) is 1.19. The number of halogens is 1.